The molecule has 6 nitrogen and oxygen atoms in total. The Labute approximate surface area is 106 Å². The van der Waals surface area contributed by atoms with Gasteiger partial charge >= 0.3 is 0 Å². The van der Waals surface area contributed by atoms with E-state index >= 15 is 0 Å². The number of pyridine rings is 1. The number of nitrogens with one attached hydrogen (secondary N) is 1. The summed E-state index contributed by atoms with van der Waals surface area (Å²) >= 11 is 0. The molecule has 1 aliphatic heterocycles. The highest BCUT2D eigenvalue weighted by molar-refractivity contribution is 5.79. The van der Waals surface area contributed by atoms with Crippen LogP contribution in [0.5, 0.6) is 0 Å². The standard InChI is InChI=1S/C12H19N5O/c13-12(18)11-3-1-2-6-17(11)8-10-7-9(16-14)4-5-15-10/h4-5,7,11H,1-3,6,8,14H2,(H2,13,18)(H,15,16). The van der Waals surface area contributed by atoms with Gasteiger partial charge in [-0.1, -0.05) is 6.42 Å². The van der Waals surface area contributed by atoms with Crippen LogP contribution >= 0.6 is 0 Å². The van der Waals surface area contributed by atoms with Crippen LogP contribution < -0.4 is 17.0 Å². The molecule has 1 saturated heterocycles. The minimum Gasteiger partial charge on any atom is -0.368 e. The van der Waals surface area contributed by atoms with E-state index in [9.17, 15) is 4.79 Å². The first-order valence-electron chi connectivity index (χ1n) is 6.15. The van der Waals surface area contributed by atoms with Gasteiger partial charge in [0.1, 0.15) is 0 Å². The van der Waals surface area contributed by atoms with Crippen molar-refractivity contribution in [3.05, 3.63) is 24.0 Å². The molecular formula is C12H19N5O. The van der Waals surface area contributed by atoms with Crippen LogP contribution in [0.2, 0.25) is 0 Å². The number of primary amides is 1. The van der Waals surface area contributed by atoms with Crippen molar-refractivity contribution in [1.82, 2.24) is 9.88 Å². The molecule has 0 radical (unpaired) electrons. The van der Waals surface area contributed by atoms with Crippen molar-refractivity contribution >= 4 is 11.6 Å². The normalized spacial score (nSPS) is 20.6. The molecule has 0 aromatic carbocycles. The quantitative estimate of drug-likeness (QED) is 0.523. The molecular weight excluding hydrogens is 230 g/mol. The smallest absolute Gasteiger partial charge is 0.234 e. The maximum atomic E-state index is 11.4. The number of nitrogens with two attached hydrogens (primary N) is 2. The van der Waals surface area contributed by atoms with E-state index in [4.69, 9.17) is 11.6 Å². The Kier molecular flexibility index (Phi) is 4.11. The van der Waals surface area contributed by atoms with Gasteiger partial charge in [0.05, 0.1) is 17.4 Å². The average Bonchev–Trinajstić information content (AvgIpc) is 2.39. The zero-order valence-electron chi connectivity index (χ0n) is 10.3. The van der Waals surface area contributed by atoms with E-state index in [-0.39, 0.29) is 11.9 Å². The predicted molar refractivity (Wildman–Crippen MR) is 69.3 cm³/mol. The molecule has 1 aromatic heterocycles. The Morgan fingerprint density at radius 1 is 1.56 bits per heavy atom. The Morgan fingerprint density at radius 2 is 2.39 bits per heavy atom. The Balaban J connectivity index is 2.08. The molecule has 98 valence electrons. The molecule has 1 aromatic rings. The zero-order chi connectivity index (χ0) is 13.0. The molecule has 0 saturated carbocycles. The fourth-order valence-electron chi connectivity index (χ4n) is 2.36. The van der Waals surface area contributed by atoms with E-state index in [1.807, 2.05) is 6.07 Å². The van der Waals surface area contributed by atoms with Crippen molar-refractivity contribution in [1.29, 1.82) is 0 Å². The summed E-state index contributed by atoms with van der Waals surface area (Å²) in [6.07, 6.45) is 4.69. The second-order valence-electron chi connectivity index (χ2n) is 4.56. The van der Waals surface area contributed by atoms with Gasteiger partial charge in [-0.25, -0.2) is 0 Å². The second kappa shape index (κ2) is 5.79. The molecule has 2 rings (SSSR count). The maximum Gasteiger partial charge on any atom is 0.234 e. The lowest BCUT2D eigenvalue weighted by Crippen LogP contribution is -2.47. The molecule has 0 spiro atoms. The van der Waals surface area contributed by atoms with Crippen LogP contribution in [0.4, 0.5) is 5.69 Å². The summed E-state index contributed by atoms with van der Waals surface area (Å²) in [5.74, 6) is 5.11. The van der Waals surface area contributed by atoms with Gasteiger partial charge in [0.25, 0.3) is 0 Å². The van der Waals surface area contributed by atoms with Crippen molar-refractivity contribution in [2.24, 2.45) is 11.6 Å². The SMILES string of the molecule is NNc1ccnc(CN2CCCCC2C(N)=O)c1. The van der Waals surface area contributed by atoms with Crippen molar-refractivity contribution in [3.8, 4) is 0 Å². The van der Waals surface area contributed by atoms with Gasteiger partial charge in [-0.05, 0) is 31.5 Å². The predicted octanol–water partition coefficient (Wildman–Crippen LogP) is 0.207. The van der Waals surface area contributed by atoms with Gasteiger partial charge in [0.2, 0.25) is 5.91 Å². The number of nitrogen functional groups attached to an aromatic ring is 1. The van der Waals surface area contributed by atoms with Gasteiger partial charge < -0.3 is 11.2 Å². The molecule has 1 atom stereocenters. The van der Waals surface area contributed by atoms with E-state index in [2.05, 4.69) is 15.3 Å². The summed E-state index contributed by atoms with van der Waals surface area (Å²) in [6.45, 7) is 1.51. The van der Waals surface area contributed by atoms with Gasteiger partial charge in [-0.2, -0.15) is 0 Å². The minimum absolute atomic E-state index is 0.171. The fourth-order valence-corrected chi connectivity index (χ4v) is 2.36. The molecule has 5 N–H and O–H groups in total. The number of anilines is 1. The number of amides is 1. The van der Waals surface area contributed by atoms with Crippen molar-refractivity contribution in [2.45, 2.75) is 31.8 Å². The number of hydrazine groups is 1. The van der Waals surface area contributed by atoms with E-state index in [0.717, 1.165) is 37.2 Å². The second-order valence-corrected chi connectivity index (χ2v) is 4.56. The molecule has 0 bridgehead atoms. The average molecular weight is 249 g/mol. The van der Waals surface area contributed by atoms with E-state index < -0.39 is 0 Å². The maximum absolute atomic E-state index is 11.4. The van der Waals surface area contributed by atoms with Gasteiger partial charge in [-0.15, -0.1) is 0 Å². The van der Waals surface area contributed by atoms with Crippen LogP contribution in [-0.2, 0) is 11.3 Å². The molecule has 1 fully saturated rings. The highest BCUT2D eigenvalue weighted by Gasteiger charge is 2.26. The number of aromatic nitrogens is 1. The van der Waals surface area contributed by atoms with Crippen LogP contribution in [-0.4, -0.2) is 28.4 Å². The minimum atomic E-state index is -0.247. The molecule has 1 amide bonds. The fraction of sp³-hybridized carbons (Fsp3) is 0.500. The molecule has 1 unspecified atom stereocenters. The zero-order valence-corrected chi connectivity index (χ0v) is 10.3. The summed E-state index contributed by atoms with van der Waals surface area (Å²) in [6, 6.07) is 3.51. The topological polar surface area (TPSA) is 97.3 Å². The van der Waals surface area contributed by atoms with Crippen molar-refractivity contribution in [2.75, 3.05) is 12.0 Å². The molecule has 6 heteroatoms. The van der Waals surface area contributed by atoms with E-state index in [1.165, 1.54) is 0 Å². The third-order valence-corrected chi connectivity index (χ3v) is 3.29. The van der Waals surface area contributed by atoms with Crippen LogP contribution in [0.15, 0.2) is 18.3 Å². The lowest BCUT2D eigenvalue weighted by Gasteiger charge is -2.33. The number of carbonyl (C=O) groups excluding carboxylic acids is 1. The monoisotopic (exact) mass is 249 g/mol. The van der Waals surface area contributed by atoms with Crippen molar-refractivity contribution < 1.29 is 4.79 Å². The molecule has 1 aliphatic rings. The number of likely N-dealkylation sites (tertiary alicyclic amines) is 1. The number of rotatable bonds is 4. The molecule has 0 aliphatic carbocycles. The van der Waals surface area contributed by atoms with E-state index in [1.54, 1.807) is 12.3 Å². The van der Waals surface area contributed by atoms with Crippen LogP contribution in [0.25, 0.3) is 0 Å². The third-order valence-electron chi connectivity index (χ3n) is 3.29. The summed E-state index contributed by atoms with van der Waals surface area (Å²) in [5.41, 5.74) is 9.72. The highest BCUT2D eigenvalue weighted by atomic mass is 16.1. The molecule has 2 heterocycles. The summed E-state index contributed by atoms with van der Waals surface area (Å²) in [4.78, 5) is 17.8. The Hall–Kier alpha value is -1.66. The lowest BCUT2D eigenvalue weighted by molar-refractivity contribution is -0.124. The largest absolute Gasteiger partial charge is 0.368 e. The number of carbonyl (C=O) groups is 1. The summed E-state index contributed by atoms with van der Waals surface area (Å²) in [5, 5.41) is 0. The lowest BCUT2D eigenvalue weighted by atomic mass is 10.0. The number of hydrogen-bond acceptors (Lipinski definition) is 5. The first kappa shape index (κ1) is 12.8. The first-order valence-corrected chi connectivity index (χ1v) is 6.15. The summed E-state index contributed by atoms with van der Waals surface area (Å²) < 4.78 is 0. The Bertz CT molecular complexity index is 423. The van der Waals surface area contributed by atoms with Gasteiger partial charge in [-0.3, -0.25) is 20.5 Å². The highest BCUT2D eigenvalue weighted by Crippen LogP contribution is 2.19. The van der Waals surface area contributed by atoms with Gasteiger partial charge in [0, 0.05) is 12.7 Å². The number of piperidine rings is 1. The van der Waals surface area contributed by atoms with E-state index in [0.29, 0.717) is 6.54 Å². The first-order chi connectivity index (χ1) is 8.70. The third kappa shape index (κ3) is 2.96. The Morgan fingerprint density at radius 3 is 3.11 bits per heavy atom. The van der Waals surface area contributed by atoms with Crippen LogP contribution in [0.3, 0.4) is 0 Å². The number of nitrogens with zero attached hydrogens (tertiary/aromatic N) is 2. The summed E-state index contributed by atoms with van der Waals surface area (Å²) in [7, 11) is 0. The van der Waals surface area contributed by atoms with Crippen molar-refractivity contribution in [3.63, 3.8) is 0 Å². The van der Waals surface area contributed by atoms with Crippen LogP contribution in [0, 0.1) is 0 Å². The van der Waals surface area contributed by atoms with Crippen LogP contribution in [0.1, 0.15) is 25.0 Å². The molecule has 18 heavy (non-hydrogen) atoms. The van der Waals surface area contributed by atoms with Gasteiger partial charge in [0.15, 0.2) is 0 Å². The number of hydrogen-bond donors (Lipinski definition) is 3.